The van der Waals surface area contributed by atoms with Crippen molar-refractivity contribution in [3.63, 3.8) is 0 Å². The van der Waals surface area contributed by atoms with Gasteiger partial charge in [-0.25, -0.2) is 4.79 Å². The van der Waals surface area contributed by atoms with Gasteiger partial charge in [-0.05, 0) is 67.6 Å². The third-order valence-electron chi connectivity index (χ3n) is 5.20. The first kappa shape index (κ1) is 23.5. The van der Waals surface area contributed by atoms with Crippen LogP contribution in [0.1, 0.15) is 47.9 Å². The zero-order valence-corrected chi connectivity index (χ0v) is 18.6. The van der Waals surface area contributed by atoms with E-state index in [0.29, 0.717) is 12.3 Å². The van der Waals surface area contributed by atoms with Crippen LogP contribution in [0.2, 0.25) is 0 Å². The van der Waals surface area contributed by atoms with Gasteiger partial charge in [0, 0.05) is 6.54 Å². The smallest absolute Gasteiger partial charge is 0.339 e. The number of rotatable bonds is 11. The molecule has 0 fully saturated rings. The van der Waals surface area contributed by atoms with Crippen molar-refractivity contribution < 1.29 is 19.7 Å². The van der Waals surface area contributed by atoms with Crippen molar-refractivity contribution in [1.29, 1.82) is 0 Å². The molecule has 5 heteroatoms. The fourth-order valence-corrected chi connectivity index (χ4v) is 3.54. The van der Waals surface area contributed by atoms with Crippen molar-refractivity contribution in [2.24, 2.45) is 0 Å². The molecule has 3 aromatic rings. The first-order valence-electron chi connectivity index (χ1n) is 11.0. The van der Waals surface area contributed by atoms with E-state index >= 15 is 0 Å². The summed E-state index contributed by atoms with van der Waals surface area (Å²) in [6, 6.07) is 23.2. The van der Waals surface area contributed by atoms with Gasteiger partial charge in [-0.2, -0.15) is 0 Å². The summed E-state index contributed by atoms with van der Waals surface area (Å²) < 4.78 is 5.71. The average molecular weight is 434 g/mol. The largest absolute Gasteiger partial charge is 0.490 e. The fraction of sp³-hybridized carbons (Fsp3) is 0.296. The minimum Gasteiger partial charge on any atom is -0.490 e. The van der Waals surface area contributed by atoms with Crippen molar-refractivity contribution in [3.8, 4) is 16.9 Å². The number of nitrogens with one attached hydrogen (secondary N) is 1. The lowest BCUT2D eigenvalue weighted by molar-refractivity contribution is 0.0690. The molecule has 3 aromatic carbocycles. The number of aromatic carboxylic acids is 1. The maximum atomic E-state index is 11.5. The summed E-state index contributed by atoms with van der Waals surface area (Å²) >= 11 is 0. The Hall–Kier alpha value is -3.15. The SMILES string of the molecule is CC(C)Oc1cc(-c2ccc(CCCNC[C@H](O)c3ccccc3)cc2)ccc1C(=O)O. The number of hydrogen-bond donors (Lipinski definition) is 3. The Balaban J connectivity index is 1.52. The molecule has 168 valence electrons. The molecule has 0 saturated heterocycles. The monoisotopic (exact) mass is 433 g/mol. The van der Waals surface area contributed by atoms with Crippen LogP contribution in [-0.4, -0.2) is 35.4 Å². The van der Waals surface area contributed by atoms with Gasteiger partial charge in [0.05, 0.1) is 12.2 Å². The summed E-state index contributed by atoms with van der Waals surface area (Å²) in [4.78, 5) is 11.5. The summed E-state index contributed by atoms with van der Waals surface area (Å²) in [5, 5.41) is 22.9. The summed E-state index contributed by atoms with van der Waals surface area (Å²) in [5.74, 6) is -0.606. The molecule has 0 bridgehead atoms. The zero-order chi connectivity index (χ0) is 22.9. The number of carbonyl (C=O) groups is 1. The lowest BCUT2D eigenvalue weighted by Gasteiger charge is -2.14. The molecule has 0 amide bonds. The molecule has 0 aliphatic heterocycles. The van der Waals surface area contributed by atoms with Crippen molar-refractivity contribution in [3.05, 3.63) is 89.5 Å². The van der Waals surface area contributed by atoms with E-state index in [0.717, 1.165) is 36.1 Å². The van der Waals surface area contributed by atoms with E-state index in [9.17, 15) is 15.0 Å². The first-order valence-corrected chi connectivity index (χ1v) is 11.0. The minimum absolute atomic E-state index is 0.104. The summed E-state index contributed by atoms with van der Waals surface area (Å²) in [7, 11) is 0. The molecule has 1 atom stereocenters. The van der Waals surface area contributed by atoms with Crippen LogP contribution in [0.3, 0.4) is 0 Å². The molecule has 0 spiro atoms. The van der Waals surface area contributed by atoms with Crippen LogP contribution in [0.25, 0.3) is 11.1 Å². The van der Waals surface area contributed by atoms with Crippen molar-refractivity contribution in [2.45, 2.75) is 38.9 Å². The van der Waals surface area contributed by atoms with Gasteiger partial charge in [0.25, 0.3) is 0 Å². The Labute approximate surface area is 189 Å². The van der Waals surface area contributed by atoms with Gasteiger partial charge in [-0.15, -0.1) is 0 Å². The average Bonchev–Trinajstić information content (AvgIpc) is 2.79. The maximum absolute atomic E-state index is 11.5. The number of ether oxygens (including phenoxy) is 1. The van der Waals surface area contributed by atoms with Gasteiger partial charge in [-0.3, -0.25) is 0 Å². The Morgan fingerprint density at radius 2 is 1.66 bits per heavy atom. The molecule has 0 heterocycles. The number of benzene rings is 3. The van der Waals surface area contributed by atoms with Crippen LogP contribution >= 0.6 is 0 Å². The van der Waals surface area contributed by atoms with Crippen LogP contribution in [0.15, 0.2) is 72.8 Å². The molecular weight excluding hydrogens is 402 g/mol. The maximum Gasteiger partial charge on any atom is 0.339 e. The zero-order valence-electron chi connectivity index (χ0n) is 18.6. The van der Waals surface area contributed by atoms with Gasteiger partial charge in [-0.1, -0.05) is 60.7 Å². The Kier molecular flexibility index (Phi) is 8.42. The molecule has 3 rings (SSSR count). The number of aryl methyl sites for hydroxylation is 1. The molecule has 0 radical (unpaired) electrons. The number of carboxylic acids is 1. The summed E-state index contributed by atoms with van der Waals surface area (Å²) in [5.41, 5.74) is 4.27. The molecule has 0 aliphatic rings. The highest BCUT2D eigenvalue weighted by molar-refractivity contribution is 5.92. The van der Waals surface area contributed by atoms with Crippen LogP contribution in [0.4, 0.5) is 0 Å². The van der Waals surface area contributed by atoms with Gasteiger partial charge in [0.1, 0.15) is 11.3 Å². The third kappa shape index (κ3) is 6.67. The van der Waals surface area contributed by atoms with Crippen LogP contribution in [0.5, 0.6) is 5.75 Å². The van der Waals surface area contributed by atoms with Crippen molar-refractivity contribution in [1.82, 2.24) is 5.32 Å². The van der Waals surface area contributed by atoms with E-state index in [-0.39, 0.29) is 11.7 Å². The van der Waals surface area contributed by atoms with Gasteiger partial charge in [0.2, 0.25) is 0 Å². The first-order chi connectivity index (χ1) is 15.4. The second kappa shape index (κ2) is 11.5. The quantitative estimate of drug-likeness (QED) is 0.367. The lowest BCUT2D eigenvalue weighted by atomic mass is 10.0. The van der Waals surface area contributed by atoms with E-state index in [2.05, 4.69) is 29.6 Å². The fourth-order valence-electron chi connectivity index (χ4n) is 3.54. The van der Waals surface area contributed by atoms with Gasteiger partial charge >= 0.3 is 5.97 Å². The lowest BCUT2D eigenvalue weighted by Crippen LogP contribution is -2.22. The standard InChI is InChI=1S/C27H31NO4/c1-19(2)32-26-17-23(14-15-24(26)27(30)31)21-12-10-20(11-13-21)7-6-16-28-18-25(29)22-8-4-3-5-9-22/h3-5,8-15,17,19,25,28-29H,6-7,16,18H2,1-2H3,(H,30,31)/t25-/m0/s1. The summed E-state index contributed by atoms with van der Waals surface area (Å²) in [6.45, 7) is 5.13. The van der Waals surface area contributed by atoms with Gasteiger partial charge in [0.15, 0.2) is 0 Å². The van der Waals surface area contributed by atoms with E-state index < -0.39 is 12.1 Å². The van der Waals surface area contributed by atoms with Gasteiger partial charge < -0.3 is 20.3 Å². The van der Waals surface area contributed by atoms with E-state index in [4.69, 9.17) is 4.74 Å². The summed E-state index contributed by atoms with van der Waals surface area (Å²) in [6.07, 6.45) is 1.32. The molecule has 0 aromatic heterocycles. The Morgan fingerprint density at radius 3 is 2.31 bits per heavy atom. The third-order valence-corrected chi connectivity index (χ3v) is 5.20. The molecule has 0 saturated carbocycles. The number of hydrogen-bond acceptors (Lipinski definition) is 4. The number of aliphatic hydroxyl groups excluding tert-OH is 1. The van der Waals surface area contributed by atoms with E-state index in [1.807, 2.05) is 50.2 Å². The molecular formula is C27H31NO4. The molecule has 0 unspecified atom stereocenters. The van der Waals surface area contributed by atoms with E-state index in [1.165, 1.54) is 5.56 Å². The highest BCUT2D eigenvalue weighted by Gasteiger charge is 2.14. The number of carboxylic acid groups (broad SMARTS) is 1. The minimum atomic E-state index is -0.993. The molecule has 3 N–H and O–H groups in total. The number of aliphatic hydroxyl groups is 1. The second-order valence-corrected chi connectivity index (χ2v) is 8.11. The highest BCUT2D eigenvalue weighted by Crippen LogP contribution is 2.28. The molecule has 5 nitrogen and oxygen atoms in total. The molecule has 0 aliphatic carbocycles. The van der Waals surface area contributed by atoms with Crippen LogP contribution in [0, 0.1) is 0 Å². The predicted octanol–water partition coefficient (Wildman–Crippen LogP) is 5.09. The van der Waals surface area contributed by atoms with Crippen LogP contribution in [-0.2, 0) is 6.42 Å². The van der Waals surface area contributed by atoms with E-state index in [1.54, 1.807) is 12.1 Å². The second-order valence-electron chi connectivity index (χ2n) is 8.11. The highest BCUT2D eigenvalue weighted by atomic mass is 16.5. The van der Waals surface area contributed by atoms with Crippen molar-refractivity contribution in [2.75, 3.05) is 13.1 Å². The van der Waals surface area contributed by atoms with Crippen LogP contribution < -0.4 is 10.1 Å². The normalized spacial score (nSPS) is 12.0. The Bertz CT molecular complexity index is 1000. The van der Waals surface area contributed by atoms with Crippen molar-refractivity contribution >= 4 is 5.97 Å². The predicted molar refractivity (Wildman–Crippen MR) is 127 cm³/mol. The topological polar surface area (TPSA) is 78.8 Å². The molecule has 32 heavy (non-hydrogen) atoms. The Morgan fingerprint density at radius 1 is 0.969 bits per heavy atom.